The molecule has 23 heavy (non-hydrogen) atoms. The van der Waals surface area contributed by atoms with Gasteiger partial charge in [0.2, 0.25) is 10.0 Å². The highest BCUT2D eigenvalue weighted by Gasteiger charge is 2.12. The molecule has 3 rings (SSSR count). The second-order valence-corrected chi connectivity index (χ2v) is 7.00. The lowest BCUT2D eigenvalue weighted by molar-refractivity contribution is 0.598. The molecule has 1 heterocycles. The molecule has 0 aliphatic rings. The predicted molar refractivity (Wildman–Crippen MR) is 88.5 cm³/mol. The average Bonchev–Trinajstić information content (AvgIpc) is 2.48. The zero-order chi connectivity index (χ0) is 16.8. The Kier molecular flexibility index (Phi) is 3.71. The summed E-state index contributed by atoms with van der Waals surface area (Å²) >= 11 is 5.94. The Hall–Kier alpha value is -2.22. The molecule has 0 aliphatic carbocycles. The number of benzene rings is 2. The number of hydrogen-bond donors (Lipinski definition) is 1. The minimum atomic E-state index is -3.78. The van der Waals surface area contributed by atoms with Gasteiger partial charge in [-0.1, -0.05) is 11.6 Å². The molecule has 2 N–H and O–H groups in total. The fourth-order valence-electron chi connectivity index (χ4n) is 2.36. The van der Waals surface area contributed by atoms with Gasteiger partial charge in [0.25, 0.3) is 5.56 Å². The number of aryl methyl sites for hydroxylation is 1. The van der Waals surface area contributed by atoms with E-state index in [4.69, 9.17) is 16.7 Å². The van der Waals surface area contributed by atoms with Crippen LogP contribution in [-0.2, 0) is 10.0 Å². The van der Waals surface area contributed by atoms with Crippen LogP contribution in [0.25, 0.3) is 16.6 Å². The largest absolute Gasteiger partial charge is 0.268 e. The van der Waals surface area contributed by atoms with E-state index in [1.165, 1.54) is 28.8 Å². The number of sulfonamides is 1. The number of nitrogens with zero attached hydrogens (tertiary/aromatic N) is 2. The summed E-state index contributed by atoms with van der Waals surface area (Å²) in [6.45, 7) is 1.70. The summed E-state index contributed by atoms with van der Waals surface area (Å²) in [5.41, 5.74) is 0.766. The highest BCUT2D eigenvalue weighted by atomic mass is 35.5. The van der Waals surface area contributed by atoms with Crippen molar-refractivity contribution in [2.45, 2.75) is 11.8 Å². The molecular weight excluding hydrogens is 338 g/mol. The van der Waals surface area contributed by atoms with Crippen LogP contribution in [-0.4, -0.2) is 18.0 Å². The molecule has 3 aromatic rings. The summed E-state index contributed by atoms with van der Waals surface area (Å²) in [6, 6.07) is 10.6. The van der Waals surface area contributed by atoms with Gasteiger partial charge in [-0.3, -0.25) is 9.36 Å². The van der Waals surface area contributed by atoms with E-state index in [0.29, 0.717) is 27.4 Å². The highest BCUT2D eigenvalue weighted by molar-refractivity contribution is 7.89. The first-order chi connectivity index (χ1) is 10.8. The van der Waals surface area contributed by atoms with Gasteiger partial charge in [-0.2, -0.15) is 0 Å². The van der Waals surface area contributed by atoms with E-state index in [2.05, 4.69) is 4.98 Å². The molecule has 0 aliphatic heterocycles. The number of fused-ring (bicyclic) bond motifs is 1. The van der Waals surface area contributed by atoms with Crippen LogP contribution in [0.15, 0.2) is 52.2 Å². The Labute approximate surface area is 137 Å². The van der Waals surface area contributed by atoms with Gasteiger partial charge in [0.05, 0.1) is 21.5 Å². The van der Waals surface area contributed by atoms with Crippen LogP contribution in [0.4, 0.5) is 0 Å². The second kappa shape index (κ2) is 5.45. The Morgan fingerprint density at radius 2 is 1.78 bits per heavy atom. The monoisotopic (exact) mass is 349 g/mol. The van der Waals surface area contributed by atoms with Crippen molar-refractivity contribution in [3.63, 3.8) is 0 Å². The van der Waals surface area contributed by atoms with Crippen molar-refractivity contribution in [3.8, 4) is 5.69 Å². The van der Waals surface area contributed by atoms with Crippen LogP contribution in [0.5, 0.6) is 0 Å². The minimum absolute atomic E-state index is 0.0243. The van der Waals surface area contributed by atoms with E-state index in [9.17, 15) is 13.2 Å². The Morgan fingerprint density at radius 3 is 2.39 bits per heavy atom. The molecule has 8 heteroatoms. The zero-order valence-corrected chi connectivity index (χ0v) is 13.6. The normalized spacial score (nSPS) is 11.8. The Balaban J connectivity index is 2.26. The third kappa shape index (κ3) is 2.86. The third-order valence-corrected chi connectivity index (χ3v) is 4.59. The van der Waals surface area contributed by atoms with Crippen molar-refractivity contribution in [2.24, 2.45) is 5.14 Å². The first-order valence-corrected chi connectivity index (χ1v) is 8.52. The number of hydrogen-bond acceptors (Lipinski definition) is 4. The van der Waals surface area contributed by atoms with E-state index in [1.807, 2.05) is 0 Å². The molecule has 2 aromatic carbocycles. The molecule has 118 valence electrons. The summed E-state index contributed by atoms with van der Waals surface area (Å²) in [5, 5.41) is 5.90. The van der Waals surface area contributed by atoms with Gasteiger partial charge >= 0.3 is 0 Å². The van der Waals surface area contributed by atoms with Gasteiger partial charge in [-0.25, -0.2) is 18.5 Å². The van der Waals surface area contributed by atoms with Crippen molar-refractivity contribution in [3.05, 3.63) is 63.7 Å². The molecule has 0 amide bonds. The second-order valence-electron chi connectivity index (χ2n) is 5.00. The van der Waals surface area contributed by atoms with E-state index >= 15 is 0 Å². The van der Waals surface area contributed by atoms with Crippen molar-refractivity contribution in [1.82, 2.24) is 9.55 Å². The number of halogens is 1. The Bertz CT molecular complexity index is 1070. The molecule has 0 radical (unpaired) electrons. The standard InChI is InChI=1S/C15H12ClN3O3S/c1-9-18-14-7-2-10(16)8-13(14)15(20)19(9)11-3-5-12(6-4-11)23(17,21)22/h2-8H,1H3,(H2,17,21,22). The maximum absolute atomic E-state index is 12.7. The lowest BCUT2D eigenvalue weighted by Crippen LogP contribution is -2.22. The van der Waals surface area contributed by atoms with E-state index in [1.54, 1.807) is 25.1 Å². The van der Waals surface area contributed by atoms with Crippen LogP contribution in [0.2, 0.25) is 5.02 Å². The molecule has 6 nitrogen and oxygen atoms in total. The number of aromatic nitrogens is 2. The summed E-state index contributed by atoms with van der Waals surface area (Å²) in [6.07, 6.45) is 0. The van der Waals surface area contributed by atoms with Gasteiger partial charge in [-0.15, -0.1) is 0 Å². The van der Waals surface area contributed by atoms with Gasteiger partial charge in [0.15, 0.2) is 0 Å². The average molecular weight is 350 g/mol. The predicted octanol–water partition coefficient (Wildman–Crippen LogP) is 1.99. The highest BCUT2D eigenvalue weighted by Crippen LogP contribution is 2.18. The quantitative estimate of drug-likeness (QED) is 0.765. The van der Waals surface area contributed by atoms with Crippen molar-refractivity contribution in [2.75, 3.05) is 0 Å². The maximum atomic E-state index is 12.7. The Morgan fingerprint density at radius 1 is 1.13 bits per heavy atom. The van der Waals surface area contributed by atoms with Gasteiger partial charge < -0.3 is 0 Å². The molecule has 0 fully saturated rings. The molecule has 0 unspecified atom stereocenters. The number of rotatable bonds is 2. The van der Waals surface area contributed by atoms with Gasteiger partial charge in [0.1, 0.15) is 5.82 Å². The molecule has 0 spiro atoms. The summed E-state index contributed by atoms with van der Waals surface area (Å²) in [4.78, 5) is 17.1. The van der Waals surface area contributed by atoms with Gasteiger partial charge in [0, 0.05) is 5.02 Å². The lowest BCUT2D eigenvalue weighted by atomic mass is 10.2. The van der Waals surface area contributed by atoms with Crippen LogP contribution in [0.1, 0.15) is 5.82 Å². The molecule has 0 atom stereocenters. The van der Waals surface area contributed by atoms with E-state index < -0.39 is 10.0 Å². The fourth-order valence-corrected chi connectivity index (χ4v) is 3.05. The number of nitrogens with two attached hydrogens (primary N) is 1. The zero-order valence-electron chi connectivity index (χ0n) is 12.0. The topological polar surface area (TPSA) is 95.0 Å². The first kappa shape index (κ1) is 15.7. The molecule has 0 bridgehead atoms. The van der Waals surface area contributed by atoms with Crippen LogP contribution >= 0.6 is 11.6 Å². The minimum Gasteiger partial charge on any atom is -0.268 e. The number of primary sulfonamides is 1. The van der Waals surface area contributed by atoms with E-state index in [-0.39, 0.29) is 10.5 Å². The van der Waals surface area contributed by atoms with Crippen molar-refractivity contribution in [1.29, 1.82) is 0 Å². The van der Waals surface area contributed by atoms with Gasteiger partial charge in [-0.05, 0) is 49.4 Å². The SMILES string of the molecule is Cc1nc2ccc(Cl)cc2c(=O)n1-c1ccc(S(N)(=O)=O)cc1. The summed E-state index contributed by atoms with van der Waals surface area (Å²) in [5.74, 6) is 0.480. The maximum Gasteiger partial charge on any atom is 0.266 e. The molecule has 1 aromatic heterocycles. The third-order valence-electron chi connectivity index (χ3n) is 3.42. The van der Waals surface area contributed by atoms with Crippen LogP contribution < -0.4 is 10.7 Å². The first-order valence-electron chi connectivity index (χ1n) is 6.59. The van der Waals surface area contributed by atoms with Crippen LogP contribution in [0, 0.1) is 6.92 Å². The lowest BCUT2D eigenvalue weighted by Gasteiger charge is -2.11. The smallest absolute Gasteiger partial charge is 0.266 e. The van der Waals surface area contributed by atoms with Crippen molar-refractivity contribution < 1.29 is 8.42 Å². The summed E-state index contributed by atoms with van der Waals surface area (Å²) < 4.78 is 24.0. The summed E-state index contributed by atoms with van der Waals surface area (Å²) in [7, 11) is -3.78. The molecule has 0 saturated heterocycles. The van der Waals surface area contributed by atoms with E-state index in [0.717, 1.165) is 0 Å². The van der Waals surface area contributed by atoms with Crippen LogP contribution in [0.3, 0.4) is 0 Å². The molecule has 0 saturated carbocycles. The fraction of sp³-hybridized carbons (Fsp3) is 0.0667. The van der Waals surface area contributed by atoms with Crippen molar-refractivity contribution >= 4 is 32.5 Å². The molecular formula is C15H12ClN3O3S.